The van der Waals surface area contributed by atoms with Crippen molar-refractivity contribution in [2.75, 3.05) is 0 Å². The number of benzene rings is 5. The first-order valence-electron chi connectivity index (χ1n) is 14.4. The average Bonchev–Trinajstić information content (AvgIpc) is 3.06. The Balaban J connectivity index is 0.000000185. The second kappa shape index (κ2) is 13.0. The van der Waals surface area contributed by atoms with E-state index in [0.29, 0.717) is 0 Å². The molecule has 5 aromatic carbocycles. The molecule has 1 atom stereocenters. The monoisotopic (exact) mass is 705 g/mol. The van der Waals surface area contributed by atoms with Gasteiger partial charge in [-0.25, -0.2) is 0 Å². The number of nitrogens with zero attached hydrogens (tertiary/aromatic N) is 2. The van der Waals surface area contributed by atoms with Crippen molar-refractivity contribution in [1.82, 2.24) is 4.98 Å². The molecule has 0 saturated carbocycles. The molecule has 2 nitrogen and oxygen atoms in total. The molecule has 43 heavy (non-hydrogen) atoms. The quantitative estimate of drug-likeness (QED) is 0.168. The summed E-state index contributed by atoms with van der Waals surface area (Å²) in [6.45, 7) is 4.20. The predicted octanol–water partition coefficient (Wildman–Crippen LogP) is 9.77. The van der Waals surface area contributed by atoms with E-state index in [-0.39, 0.29) is 6.04 Å². The standard InChI is InChI=1S/C26H21N2.2C6H5.2ClH.Sn/c1-17-15-23(19-9-5-3-6-10-19)21-13-14-22-24(20-11-7-4-8-12-20)16-18(2)28-26(22)25(21)27-17;2*1-2-4-6-5-3-1;;;/h3-17H,1-2H3;2*1-5H;2*1H;/q-1;;;;;+2/p-2. The number of fused-ring (bicyclic) bond motifs is 3. The number of hydrogen-bond acceptors (Lipinski definition) is 1. The van der Waals surface area contributed by atoms with Gasteiger partial charge < -0.3 is 5.32 Å². The minimum atomic E-state index is -3.30. The Kier molecular flexibility index (Phi) is 8.90. The van der Waals surface area contributed by atoms with Gasteiger partial charge in [-0.1, -0.05) is 85.8 Å². The first-order valence-corrected chi connectivity index (χ1v) is 24.5. The molecule has 7 rings (SSSR count). The third-order valence-corrected chi connectivity index (χ3v) is 19.5. The molecule has 212 valence electrons. The topological polar surface area (TPSA) is 27.0 Å². The summed E-state index contributed by atoms with van der Waals surface area (Å²) in [5.74, 6) is 0. The maximum absolute atomic E-state index is 6.56. The van der Waals surface area contributed by atoms with Crippen LogP contribution in [0.1, 0.15) is 23.7 Å². The molecule has 0 radical (unpaired) electrons. The number of halogens is 2. The third-order valence-electron chi connectivity index (χ3n) is 7.56. The van der Waals surface area contributed by atoms with Gasteiger partial charge >= 0.3 is 102 Å². The van der Waals surface area contributed by atoms with Crippen LogP contribution in [-0.2, 0) is 0 Å². The fraction of sp³-hybridized carbons (Fsp3) is 0.0789. The summed E-state index contributed by atoms with van der Waals surface area (Å²) in [4.78, 5) is 4.92. The zero-order valence-electron chi connectivity index (χ0n) is 24.1. The van der Waals surface area contributed by atoms with Gasteiger partial charge in [-0.3, -0.25) is 4.98 Å². The summed E-state index contributed by atoms with van der Waals surface area (Å²) in [6, 6.07) is 47.7. The molecule has 0 fully saturated rings. The molecular formula is C38H31Cl2N2Sn-. The van der Waals surface area contributed by atoms with Crippen molar-refractivity contribution in [2.24, 2.45) is 0 Å². The molecule has 0 spiro atoms. The summed E-state index contributed by atoms with van der Waals surface area (Å²) < 4.78 is 2.20. The van der Waals surface area contributed by atoms with E-state index in [1.807, 2.05) is 60.7 Å². The molecule has 5 heteroatoms. The van der Waals surface area contributed by atoms with Gasteiger partial charge in [-0.2, -0.15) is 0 Å². The van der Waals surface area contributed by atoms with Crippen LogP contribution in [-0.4, -0.2) is 27.1 Å². The summed E-state index contributed by atoms with van der Waals surface area (Å²) in [7, 11) is 13.1. The van der Waals surface area contributed by atoms with Crippen LogP contribution in [0.25, 0.3) is 32.9 Å². The summed E-state index contributed by atoms with van der Waals surface area (Å²) in [6.07, 6.45) is 2.25. The van der Waals surface area contributed by atoms with Gasteiger partial charge in [0.05, 0.1) is 5.52 Å². The van der Waals surface area contributed by atoms with Crippen molar-refractivity contribution in [3.63, 3.8) is 0 Å². The van der Waals surface area contributed by atoms with Crippen LogP contribution >= 0.6 is 17.8 Å². The third kappa shape index (κ3) is 6.38. The molecule has 0 saturated heterocycles. The molecule has 0 bridgehead atoms. The van der Waals surface area contributed by atoms with E-state index in [1.54, 1.807) is 0 Å². The van der Waals surface area contributed by atoms with Gasteiger partial charge in [0, 0.05) is 11.1 Å². The van der Waals surface area contributed by atoms with E-state index in [0.717, 1.165) is 35.0 Å². The van der Waals surface area contributed by atoms with E-state index >= 15 is 0 Å². The zero-order chi connectivity index (χ0) is 29.8. The van der Waals surface area contributed by atoms with E-state index in [1.165, 1.54) is 22.3 Å². The Morgan fingerprint density at radius 3 is 1.70 bits per heavy atom. The normalized spacial score (nSPS) is 14.1. The number of hydrogen-bond donors (Lipinski definition) is 0. The Hall–Kier alpha value is -3.57. The van der Waals surface area contributed by atoms with Gasteiger partial charge in [-0.05, 0) is 40.8 Å². The van der Waals surface area contributed by atoms with Gasteiger partial charge in [0.1, 0.15) is 0 Å². The van der Waals surface area contributed by atoms with Crippen molar-refractivity contribution in [3.8, 4) is 11.1 Å². The van der Waals surface area contributed by atoms with Crippen molar-refractivity contribution < 1.29 is 0 Å². The van der Waals surface area contributed by atoms with Crippen LogP contribution in [0.4, 0.5) is 5.69 Å². The van der Waals surface area contributed by atoms with Crippen LogP contribution in [0, 0.1) is 6.92 Å². The molecule has 1 unspecified atom stereocenters. The van der Waals surface area contributed by atoms with Gasteiger partial charge in [0.15, 0.2) is 0 Å². The predicted molar refractivity (Wildman–Crippen MR) is 188 cm³/mol. The summed E-state index contributed by atoms with van der Waals surface area (Å²) >= 11 is -3.30. The Bertz CT molecular complexity index is 1830. The van der Waals surface area contributed by atoms with Gasteiger partial charge in [0.2, 0.25) is 0 Å². The minimum absolute atomic E-state index is 0.121. The SMILES string of the molecule is Cc1cc(-c2ccccc2)c2ccc3c(c2n1)[N-]C(C)C=C3c1ccccc1.[Cl][Sn]([Cl])([c]1ccccc1)[c]1ccccc1. The second-order valence-electron chi connectivity index (χ2n) is 10.7. The Labute approximate surface area is 265 Å². The fourth-order valence-corrected chi connectivity index (χ4v) is 13.3. The van der Waals surface area contributed by atoms with Gasteiger partial charge in [-0.15, -0.1) is 11.7 Å². The van der Waals surface area contributed by atoms with Crippen molar-refractivity contribution in [1.29, 1.82) is 0 Å². The zero-order valence-corrected chi connectivity index (χ0v) is 28.5. The van der Waals surface area contributed by atoms with E-state index in [2.05, 4.69) is 98.8 Å². The van der Waals surface area contributed by atoms with E-state index in [4.69, 9.17) is 28.1 Å². The fourth-order valence-electron chi connectivity index (χ4n) is 5.51. The van der Waals surface area contributed by atoms with Crippen molar-refractivity contribution >= 4 is 63.3 Å². The number of pyridine rings is 1. The second-order valence-corrected chi connectivity index (χ2v) is 26.1. The van der Waals surface area contributed by atoms with Crippen LogP contribution in [0.3, 0.4) is 0 Å². The Morgan fingerprint density at radius 2 is 1.14 bits per heavy atom. The van der Waals surface area contributed by atoms with E-state index in [9.17, 15) is 0 Å². The molecule has 6 aromatic rings. The van der Waals surface area contributed by atoms with Crippen LogP contribution in [0.5, 0.6) is 0 Å². The molecular weight excluding hydrogens is 674 g/mol. The molecule has 0 N–H and O–H groups in total. The van der Waals surface area contributed by atoms with Crippen LogP contribution < -0.4 is 7.16 Å². The average molecular weight is 705 g/mol. The molecule has 0 aliphatic carbocycles. The molecule has 1 aliphatic heterocycles. The molecule has 1 aliphatic rings. The molecule has 0 amide bonds. The molecule has 2 heterocycles. The Morgan fingerprint density at radius 1 is 0.628 bits per heavy atom. The van der Waals surface area contributed by atoms with Crippen molar-refractivity contribution in [3.05, 3.63) is 168 Å². The van der Waals surface area contributed by atoms with Crippen LogP contribution in [0.15, 0.2) is 146 Å². The van der Waals surface area contributed by atoms with Gasteiger partial charge in [0.25, 0.3) is 0 Å². The summed E-state index contributed by atoms with van der Waals surface area (Å²) in [5, 5.41) is 6.14. The van der Waals surface area contributed by atoms with Crippen molar-refractivity contribution in [2.45, 2.75) is 19.9 Å². The van der Waals surface area contributed by atoms with E-state index < -0.39 is 16.1 Å². The molecule has 1 aromatic heterocycles. The number of aryl methyl sites for hydroxylation is 1. The number of aromatic nitrogens is 1. The first kappa shape index (κ1) is 29.5. The number of rotatable bonds is 4. The first-order chi connectivity index (χ1) is 20.9. The maximum atomic E-state index is 6.56. The summed E-state index contributed by atoms with van der Waals surface area (Å²) in [5.41, 5.74) is 9.06. The van der Waals surface area contributed by atoms with Crippen LogP contribution in [0.2, 0.25) is 0 Å².